The standard InChI is InChI=1S/C65H104ClF3N12O11/c1-14-40(6)55-62(91)77(10)36-53(84)75(8)37-54(85)79(12)50(33-43-19-17-20-44(31-43)34-70)61(90)76(9)35-51(82)72-47(25-23-42-22-24-45(46(66)32-42)65(67,68)69)60(89)81-28-18-21-48(81)58(87)74-64(26-15-16-27-64)63(92)80(13)56(39(4)5)59(88)71-41(7)30-52(83)78(11)49(29-38(2)3)57(86)73-55/h38-50,55-56H,14-33,35-37H2,1-13H3,(H,71,88)(H,72,82)(H,73,86)(H,74,87)/t40-,41+,42?,43?,44?,45?,46?,47-,48-,49-,50-,55-,56-/m0/s1. The van der Waals surface area contributed by atoms with Crippen molar-refractivity contribution in [2.24, 2.45) is 41.4 Å². The lowest BCUT2D eigenvalue weighted by molar-refractivity contribution is -0.182. The van der Waals surface area contributed by atoms with Crippen LogP contribution in [-0.2, 0) is 52.7 Å². The molecule has 0 aromatic heterocycles. The van der Waals surface area contributed by atoms with Crippen LogP contribution in [0.1, 0.15) is 170 Å². The number of nitrogens with zero attached hydrogens (tertiary/aromatic N) is 8. The highest BCUT2D eigenvalue weighted by Crippen LogP contribution is 2.44. The van der Waals surface area contributed by atoms with E-state index < -0.39 is 162 Å². The fourth-order valence-electron chi connectivity index (χ4n) is 14.2. The Morgan fingerprint density at radius 2 is 1.28 bits per heavy atom. The number of hydrogen-bond acceptors (Lipinski definition) is 12. The molecule has 5 fully saturated rings. The molecule has 27 heteroatoms. The van der Waals surface area contributed by atoms with Gasteiger partial charge in [-0.05, 0) is 120 Å². The first-order valence-electron chi connectivity index (χ1n) is 33.2. The van der Waals surface area contributed by atoms with Crippen molar-refractivity contribution in [2.75, 3.05) is 68.5 Å². The largest absolute Gasteiger partial charge is 0.393 e. The van der Waals surface area contributed by atoms with Gasteiger partial charge in [-0.25, -0.2) is 0 Å². The van der Waals surface area contributed by atoms with Crippen molar-refractivity contribution in [1.82, 2.24) is 55.6 Å². The van der Waals surface area contributed by atoms with Gasteiger partial charge in [0.2, 0.25) is 65.0 Å². The molecule has 2 aliphatic heterocycles. The molecule has 1 spiro atoms. The van der Waals surface area contributed by atoms with Gasteiger partial charge in [-0.15, -0.1) is 11.6 Å². The molecule has 3 aliphatic carbocycles. The van der Waals surface area contributed by atoms with E-state index in [9.17, 15) is 61.6 Å². The Kier molecular flexibility index (Phi) is 28.0. The maximum atomic E-state index is 15.1. The lowest BCUT2D eigenvalue weighted by atomic mass is 9.78. The summed E-state index contributed by atoms with van der Waals surface area (Å²) in [6.45, 7) is 10.9. The highest BCUT2D eigenvalue weighted by molar-refractivity contribution is 6.20. The smallest absolute Gasteiger partial charge is 0.351 e. The zero-order valence-corrected chi connectivity index (χ0v) is 57.3. The average Bonchev–Trinajstić information content (AvgIpc) is 1.54. The van der Waals surface area contributed by atoms with E-state index in [-0.39, 0.29) is 101 Å². The highest BCUT2D eigenvalue weighted by Gasteiger charge is 2.51. The van der Waals surface area contributed by atoms with Gasteiger partial charge < -0.3 is 55.6 Å². The number of alkyl halides is 4. The molecule has 4 N–H and O–H groups in total. The third-order valence-corrected chi connectivity index (χ3v) is 20.5. The minimum atomic E-state index is -4.51. The summed E-state index contributed by atoms with van der Waals surface area (Å²) < 4.78 is 41.7. The predicted octanol–water partition coefficient (Wildman–Crippen LogP) is 4.98. The molecule has 0 aromatic carbocycles. The van der Waals surface area contributed by atoms with Gasteiger partial charge in [0, 0.05) is 72.6 Å². The summed E-state index contributed by atoms with van der Waals surface area (Å²) in [5.41, 5.74) is -1.49. The minimum absolute atomic E-state index is 0.00416. The second kappa shape index (κ2) is 33.7. The van der Waals surface area contributed by atoms with E-state index >= 15 is 9.59 Å². The number of carbonyl (C=O) groups excluding carboxylic acids is 11. The van der Waals surface area contributed by atoms with Crippen LogP contribution in [0.15, 0.2) is 0 Å². The summed E-state index contributed by atoms with van der Waals surface area (Å²) in [4.78, 5) is 168. The number of fused-ring (bicyclic) bond motifs is 1. The number of nitrogens with one attached hydrogen (secondary N) is 4. The normalized spacial score (nSPS) is 30.8. The first kappa shape index (κ1) is 76.5. The molecule has 0 aromatic rings. The van der Waals surface area contributed by atoms with Crippen LogP contribution in [0.25, 0.3) is 0 Å². The van der Waals surface area contributed by atoms with Gasteiger partial charge in [-0.1, -0.05) is 73.6 Å². The van der Waals surface area contributed by atoms with E-state index in [1.165, 1.54) is 61.9 Å². The van der Waals surface area contributed by atoms with Gasteiger partial charge in [-0.2, -0.15) is 18.4 Å². The molecule has 23 nitrogen and oxygen atoms in total. The average molecular weight is 1320 g/mol. The maximum Gasteiger partial charge on any atom is 0.393 e. The third-order valence-electron chi connectivity index (χ3n) is 20.0. The molecule has 2 heterocycles. The fourth-order valence-corrected chi connectivity index (χ4v) is 14.7. The lowest BCUT2D eigenvalue weighted by Crippen LogP contribution is -2.64. The van der Waals surface area contributed by atoms with Crippen molar-refractivity contribution < 1.29 is 65.9 Å². The van der Waals surface area contributed by atoms with Crippen molar-refractivity contribution in [2.45, 2.75) is 230 Å². The number of likely N-dealkylation sites (N-methyl/N-ethyl adjacent to an activating group) is 6. The van der Waals surface area contributed by atoms with Gasteiger partial charge in [0.05, 0.1) is 31.6 Å². The Morgan fingerprint density at radius 1 is 0.652 bits per heavy atom. The van der Waals surface area contributed by atoms with E-state index in [4.69, 9.17) is 11.6 Å². The molecule has 3 saturated carbocycles. The Labute approximate surface area is 547 Å². The molecule has 13 atom stereocenters. The van der Waals surface area contributed by atoms with Gasteiger partial charge in [-0.3, -0.25) is 52.7 Å². The van der Waals surface area contributed by atoms with E-state index in [2.05, 4.69) is 27.3 Å². The summed E-state index contributed by atoms with van der Waals surface area (Å²) in [6, 6.07) is -5.50. The Bertz CT molecular complexity index is 2690. The fraction of sp³-hybridized carbons (Fsp3) is 0.815. The molecule has 2 saturated heterocycles. The predicted molar refractivity (Wildman–Crippen MR) is 338 cm³/mol. The maximum absolute atomic E-state index is 15.1. The second-order valence-electron chi connectivity index (χ2n) is 28.0. The van der Waals surface area contributed by atoms with Gasteiger partial charge >= 0.3 is 6.18 Å². The lowest BCUT2D eigenvalue weighted by Gasteiger charge is -2.39. The van der Waals surface area contributed by atoms with Crippen LogP contribution in [0.4, 0.5) is 13.2 Å². The summed E-state index contributed by atoms with van der Waals surface area (Å²) in [5.74, 6) is -10.5. The quantitative estimate of drug-likeness (QED) is 0.211. The molecule has 5 unspecified atom stereocenters. The van der Waals surface area contributed by atoms with Gasteiger partial charge in [0.15, 0.2) is 0 Å². The number of carbonyl (C=O) groups is 11. The van der Waals surface area contributed by atoms with Crippen molar-refractivity contribution >= 4 is 76.6 Å². The SMILES string of the molecule is CC[C@H](C)[C@@H]1NC(=O)[C@H](CC(C)C)N(C)C(=O)C[C@@H](C)NC(=O)[C@H](C(C)C)N(C)C(=O)C2(CCCC2)NC(=O)[C@@H]2CCCN2C(=O)[C@H](CCC2CCC(C(F)(F)F)C(Cl)C2)NC(=O)CN(C)C(=O)[C@H](CC2CCCC(C#N)C2)N(C)C(=O)CN(C)C(=O)CN(C)C1=O. The molecule has 5 aliphatic rings. The second-order valence-corrected chi connectivity index (χ2v) is 28.6. The summed E-state index contributed by atoms with van der Waals surface area (Å²) in [7, 11) is 8.45. The Hall–Kier alpha value is -6.26. The van der Waals surface area contributed by atoms with E-state index in [0.717, 1.165) is 14.7 Å². The minimum Gasteiger partial charge on any atom is -0.351 e. The topological polar surface area (TPSA) is 282 Å². The number of rotatable bonds is 10. The molecular formula is C65H104ClF3N12O11. The van der Waals surface area contributed by atoms with Crippen LogP contribution >= 0.6 is 11.6 Å². The van der Waals surface area contributed by atoms with Crippen LogP contribution in [0.3, 0.4) is 0 Å². The van der Waals surface area contributed by atoms with E-state index in [1.54, 1.807) is 27.7 Å². The van der Waals surface area contributed by atoms with Crippen molar-refractivity contribution in [1.29, 1.82) is 5.26 Å². The van der Waals surface area contributed by atoms with Gasteiger partial charge in [0.25, 0.3) is 0 Å². The molecule has 11 amide bonds. The first-order chi connectivity index (χ1) is 43.0. The van der Waals surface area contributed by atoms with Crippen molar-refractivity contribution in [3.63, 3.8) is 0 Å². The Balaban J connectivity index is 1.54. The Morgan fingerprint density at radius 3 is 1.88 bits per heavy atom. The zero-order valence-electron chi connectivity index (χ0n) is 56.5. The van der Waals surface area contributed by atoms with Crippen molar-refractivity contribution in [3.8, 4) is 6.07 Å². The highest BCUT2D eigenvalue weighted by atomic mass is 35.5. The van der Waals surface area contributed by atoms with Crippen LogP contribution in [0.2, 0.25) is 0 Å². The first-order valence-corrected chi connectivity index (χ1v) is 33.6. The third kappa shape index (κ3) is 19.9. The molecule has 518 valence electrons. The number of amides is 11. The van der Waals surface area contributed by atoms with Crippen LogP contribution < -0.4 is 21.3 Å². The summed E-state index contributed by atoms with van der Waals surface area (Å²) in [6.07, 6.45) is 0.486. The van der Waals surface area contributed by atoms with E-state index in [0.29, 0.717) is 51.4 Å². The van der Waals surface area contributed by atoms with Crippen molar-refractivity contribution in [3.05, 3.63) is 0 Å². The summed E-state index contributed by atoms with van der Waals surface area (Å²) in [5, 5.41) is 20.2. The van der Waals surface area contributed by atoms with Crippen LogP contribution in [-0.4, -0.2) is 227 Å². The van der Waals surface area contributed by atoms with Crippen LogP contribution in [0, 0.1) is 52.8 Å². The van der Waals surface area contributed by atoms with E-state index in [1.807, 2.05) is 20.8 Å². The molecular weight excluding hydrogens is 1220 g/mol. The monoisotopic (exact) mass is 1320 g/mol. The number of hydrogen-bond donors (Lipinski definition) is 4. The van der Waals surface area contributed by atoms with Gasteiger partial charge in [0.1, 0.15) is 41.8 Å². The molecule has 5 rings (SSSR count). The number of nitriles is 1. The molecule has 0 radical (unpaired) electrons. The summed E-state index contributed by atoms with van der Waals surface area (Å²) >= 11 is 6.36. The molecule has 0 bridgehead atoms. The number of halogens is 4. The zero-order chi connectivity index (χ0) is 68.9. The van der Waals surface area contributed by atoms with Crippen LogP contribution in [0.5, 0.6) is 0 Å². The molecule has 92 heavy (non-hydrogen) atoms.